The van der Waals surface area contributed by atoms with E-state index >= 15 is 0 Å². The Kier molecular flexibility index (Phi) is 7.21. The SMILES string of the molecule is COc1ccc(CNC(=O)c2ccc(S(=O)(=O)Nc3ccncc3)cc2)cc1OC(F)F. The van der Waals surface area contributed by atoms with Gasteiger partial charge in [-0.15, -0.1) is 0 Å². The van der Waals surface area contributed by atoms with Crippen LogP contribution in [-0.2, 0) is 16.6 Å². The summed E-state index contributed by atoms with van der Waals surface area (Å²) in [5.74, 6) is -0.480. The summed E-state index contributed by atoms with van der Waals surface area (Å²) in [7, 11) is -2.50. The van der Waals surface area contributed by atoms with E-state index in [4.69, 9.17) is 4.74 Å². The number of ether oxygens (including phenoxy) is 2. The number of pyridine rings is 1. The Morgan fingerprint density at radius 1 is 1.03 bits per heavy atom. The molecule has 2 N–H and O–H groups in total. The number of hydrogen-bond acceptors (Lipinski definition) is 6. The van der Waals surface area contributed by atoms with Crippen molar-refractivity contribution in [1.29, 1.82) is 0 Å². The Morgan fingerprint density at radius 2 is 1.72 bits per heavy atom. The average molecular weight is 463 g/mol. The summed E-state index contributed by atoms with van der Waals surface area (Å²) in [6.45, 7) is -2.98. The Labute approximate surface area is 183 Å². The number of aromatic nitrogens is 1. The maximum Gasteiger partial charge on any atom is 0.387 e. The van der Waals surface area contributed by atoms with Gasteiger partial charge in [-0.05, 0) is 54.1 Å². The number of benzene rings is 2. The van der Waals surface area contributed by atoms with E-state index in [2.05, 4.69) is 19.8 Å². The molecule has 8 nitrogen and oxygen atoms in total. The molecule has 3 aromatic rings. The van der Waals surface area contributed by atoms with Crippen molar-refractivity contribution in [3.63, 3.8) is 0 Å². The standard InChI is InChI=1S/C21H19F2N3O5S/c1-30-18-7-2-14(12-19(18)31-21(22)23)13-25-20(27)15-3-5-17(6-4-15)32(28,29)26-16-8-10-24-11-9-16/h2-12,21H,13H2,1H3,(H,24,26)(H,25,27). The van der Waals surface area contributed by atoms with Crippen LogP contribution in [0.2, 0.25) is 0 Å². The van der Waals surface area contributed by atoms with Crippen molar-refractivity contribution >= 4 is 21.6 Å². The Bertz CT molecular complexity index is 1170. The molecule has 2 aromatic carbocycles. The molecule has 0 unspecified atom stereocenters. The number of carbonyl (C=O) groups is 1. The number of alkyl halides is 2. The molecule has 0 aliphatic rings. The normalized spacial score (nSPS) is 11.1. The molecule has 0 saturated carbocycles. The largest absolute Gasteiger partial charge is 0.493 e. The van der Waals surface area contributed by atoms with Gasteiger partial charge >= 0.3 is 6.61 Å². The third kappa shape index (κ3) is 5.91. The summed E-state index contributed by atoms with van der Waals surface area (Å²) in [6, 6.07) is 12.8. The average Bonchev–Trinajstić information content (AvgIpc) is 2.77. The van der Waals surface area contributed by atoms with Gasteiger partial charge in [0.15, 0.2) is 11.5 Å². The number of hydrogen-bond donors (Lipinski definition) is 2. The van der Waals surface area contributed by atoms with Crippen LogP contribution in [-0.4, -0.2) is 33.0 Å². The molecule has 168 valence electrons. The first kappa shape index (κ1) is 22.9. The predicted octanol–water partition coefficient (Wildman–Crippen LogP) is 3.42. The third-order valence-corrected chi connectivity index (χ3v) is 5.65. The minimum atomic E-state index is -3.83. The number of amides is 1. The molecule has 0 radical (unpaired) electrons. The smallest absolute Gasteiger partial charge is 0.387 e. The van der Waals surface area contributed by atoms with Crippen molar-refractivity contribution in [2.45, 2.75) is 18.1 Å². The number of halogens is 2. The van der Waals surface area contributed by atoms with Crippen molar-refractivity contribution in [3.05, 3.63) is 78.1 Å². The highest BCUT2D eigenvalue weighted by Gasteiger charge is 2.16. The van der Waals surface area contributed by atoms with Crippen LogP contribution in [0.15, 0.2) is 71.9 Å². The molecule has 0 spiro atoms. The minimum absolute atomic E-state index is 0.0187. The fourth-order valence-corrected chi connectivity index (χ4v) is 3.78. The third-order valence-electron chi connectivity index (χ3n) is 4.26. The van der Waals surface area contributed by atoms with E-state index in [1.807, 2.05) is 0 Å². The van der Waals surface area contributed by atoms with E-state index < -0.39 is 22.5 Å². The quantitative estimate of drug-likeness (QED) is 0.504. The molecule has 0 fully saturated rings. The second-order valence-electron chi connectivity index (χ2n) is 6.41. The Hall–Kier alpha value is -3.73. The second kappa shape index (κ2) is 10.1. The lowest BCUT2D eigenvalue weighted by molar-refractivity contribution is -0.0512. The highest BCUT2D eigenvalue weighted by molar-refractivity contribution is 7.92. The summed E-state index contributed by atoms with van der Waals surface area (Å²) < 4.78 is 61.8. The number of nitrogens with one attached hydrogen (secondary N) is 2. The van der Waals surface area contributed by atoms with Gasteiger partial charge in [-0.1, -0.05) is 6.07 Å². The molecule has 0 aliphatic carbocycles. The van der Waals surface area contributed by atoms with Gasteiger partial charge in [0.2, 0.25) is 0 Å². The lowest BCUT2D eigenvalue weighted by Crippen LogP contribution is -2.23. The van der Waals surface area contributed by atoms with Gasteiger partial charge in [0, 0.05) is 24.5 Å². The van der Waals surface area contributed by atoms with Gasteiger partial charge in [-0.2, -0.15) is 8.78 Å². The van der Waals surface area contributed by atoms with E-state index in [1.54, 1.807) is 6.07 Å². The van der Waals surface area contributed by atoms with Crippen molar-refractivity contribution in [2.75, 3.05) is 11.8 Å². The van der Waals surface area contributed by atoms with E-state index in [0.717, 1.165) is 0 Å². The van der Waals surface area contributed by atoms with E-state index in [9.17, 15) is 22.0 Å². The molecule has 3 rings (SSSR count). The number of rotatable bonds is 9. The van der Waals surface area contributed by atoms with Crippen LogP contribution in [0.1, 0.15) is 15.9 Å². The van der Waals surface area contributed by atoms with Crippen LogP contribution in [0.5, 0.6) is 11.5 Å². The molecule has 1 amide bonds. The number of anilines is 1. The van der Waals surface area contributed by atoms with Crippen molar-refractivity contribution in [3.8, 4) is 11.5 Å². The number of methoxy groups -OCH3 is 1. The molecule has 1 aromatic heterocycles. The maximum absolute atomic E-state index is 12.5. The first-order valence-electron chi connectivity index (χ1n) is 9.21. The summed E-state index contributed by atoms with van der Waals surface area (Å²) in [5, 5.41) is 2.64. The van der Waals surface area contributed by atoms with Crippen LogP contribution in [0, 0.1) is 0 Å². The molecule has 1 heterocycles. The van der Waals surface area contributed by atoms with Gasteiger partial charge < -0.3 is 14.8 Å². The highest BCUT2D eigenvalue weighted by Crippen LogP contribution is 2.29. The molecular formula is C21H19F2N3O5S. The number of nitrogens with zero attached hydrogens (tertiary/aromatic N) is 1. The van der Waals surface area contributed by atoms with Crippen LogP contribution >= 0.6 is 0 Å². The number of carbonyl (C=O) groups excluding carboxylic acids is 1. The van der Waals surface area contributed by atoms with E-state index in [0.29, 0.717) is 11.3 Å². The number of sulfonamides is 1. The zero-order chi connectivity index (χ0) is 23.1. The summed E-state index contributed by atoms with van der Waals surface area (Å²) in [5.41, 5.74) is 1.09. The maximum atomic E-state index is 12.5. The minimum Gasteiger partial charge on any atom is -0.493 e. The van der Waals surface area contributed by atoms with Crippen molar-refractivity contribution in [2.24, 2.45) is 0 Å². The van der Waals surface area contributed by atoms with Crippen LogP contribution in [0.4, 0.5) is 14.5 Å². The van der Waals surface area contributed by atoms with Gasteiger partial charge in [-0.3, -0.25) is 14.5 Å². The topological polar surface area (TPSA) is 107 Å². The van der Waals surface area contributed by atoms with Crippen LogP contribution < -0.4 is 19.5 Å². The zero-order valence-corrected chi connectivity index (χ0v) is 17.6. The van der Waals surface area contributed by atoms with Gasteiger partial charge in [0.05, 0.1) is 17.7 Å². The molecule has 0 saturated heterocycles. The lowest BCUT2D eigenvalue weighted by Gasteiger charge is -2.12. The Morgan fingerprint density at radius 3 is 2.34 bits per heavy atom. The van der Waals surface area contributed by atoms with E-state index in [1.165, 1.54) is 68.0 Å². The molecule has 0 aliphatic heterocycles. The first-order valence-corrected chi connectivity index (χ1v) is 10.7. The van der Waals surface area contributed by atoms with Gasteiger partial charge in [0.25, 0.3) is 15.9 Å². The molecule has 0 atom stereocenters. The Balaban J connectivity index is 1.65. The fraction of sp³-hybridized carbons (Fsp3) is 0.143. The molecular weight excluding hydrogens is 444 g/mol. The summed E-state index contributed by atoms with van der Waals surface area (Å²) in [6.07, 6.45) is 2.91. The van der Waals surface area contributed by atoms with Crippen LogP contribution in [0.25, 0.3) is 0 Å². The van der Waals surface area contributed by atoms with Crippen molar-refractivity contribution in [1.82, 2.24) is 10.3 Å². The zero-order valence-electron chi connectivity index (χ0n) is 16.8. The molecule has 11 heteroatoms. The van der Waals surface area contributed by atoms with Crippen LogP contribution in [0.3, 0.4) is 0 Å². The lowest BCUT2D eigenvalue weighted by atomic mass is 10.1. The highest BCUT2D eigenvalue weighted by atomic mass is 32.2. The van der Waals surface area contributed by atoms with Gasteiger partial charge in [0.1, 0.15) is 0 Å². The monoisotopic (exact) mass is 463 g/mol. The summed E-state index contributed by atoms with van der Waals surface area (Å²) in [4.78, 5) is 16.2. The molecule has 32 heavy (non-hydrogen) atoms. The first-order chi connectivity index (χ1) is 15.3. The predicted molar refractivity (Wildman–Crippen MR) is 112 cm³/mol. The molecule has 0 bridgehead atoms. The summed E-state index contributed by atoms with van der Waals surface area (Å²) >= 11 is 0. The van der Waals surface area contributed by atoms with Gasteiger partial charge in [-0.25, -0.2) is 8.42 Å². The second-order valence-corrected chi connectivity index (χ2v) is 8.09. The fourth-order valence-electron chi connectivity index (χ4n) is 2.72. The van der Waals surface area contributed by atoms with Crippen molar-refractivity contribution < 1.29 is 31.5 Å². The van der Waals surface area contributed by atoms with E-state index in [-0.39, 0.29) is 28.5 Å².